The van der Waals surface area contributed by atoms with Crippen LogP contribution in [-0.4, -0.2) is 36.2 Å². The van der Waals surface area contributed by atoms with Gasteiger partial charge in [0.05, 0.1) is 15.6 Å². The summed E-state index contributed by atoms with van der Waals surface area (Å²) in [6.07, 6.45) is 0.216. The molecule has 2 bridgehead atoms. The fourth-order valence-corrected chi connectivity index (χ4v) is 7.02. The van der Waals surface area contributed by atoms with Crippen molar-refractivity contribution in [2.75, 3.05) is 0 Å². The van der Waals surface area contributed by atoms with Gasteiger partial charge in [0.25, 0.3) is 0 Å². The van der Waals surface area contributed by atoms with E-state index in [0.717, 1.165) is 0 Å². The van der Waals surface area contributed by atoms with Gasteiger partial charge in [0.2, 0.25) is 0 Å². The van der Waals surface area contributed by atoms with Crippen LogP contribution in [0.15, 0.2) is 21.2 Å². The molecule has 4 atom stereocenters. The number of hydrogen-bond acceptors (Lipinski definition) is 2. The first-order valence-electron chi connectivity index (χ1n) is 6.45. The molecule has 1 fully saturated rings. The average Bonchev–Trinajstić information content (AvgIpc) is 2.67. The molecule has 0 radical (unpaired) electrons. The maximum absolute atomic E-state index is 11.7. The molecule has 2 N–H and O–H groups in total. The SMILES string of the molecule is O=C(O)C1=C(C(=O)O)C2C(CC1)C1(Cl)C(Cl)=C(Cl)C2(Cl)C1(Cl)Cl. The molecular formula is C13H8Cl6O4. The molecule has 3 aliphatic rings. The highest BCUT2D eigenvalue weighted by Gasteiger charge is 2.83. The number of halogens is 6. The fourth-order valence-electron chi connectivity index (χ4n) is 3.97. The summed E-state index contributed by atoms with van der Waals surface area (Å²) < 4.78 is -1.89. The zero-order chi connectivity index (χ0) is 17.5. The Labute approximate surface area is 160 Å². The molecule has 0 aromatic carbocycles. The minimum absolute atomic E-state index is 0.00871. The van der Waals surface area contributed by atoms with Crippen LogP contribution >= 0.6 is 69.6 Å². The van der Waals surface area contributed by atoms with E-state index in [2.05, 4.69) is 0 Å². The van der Waals surface area contributed by atoms with Crippen LogP contribution in [0, 0.1) is 11.8 Å². The van der Waals surface area contributed by atoms with E-state index in [1.807, 2.05) is 0 Å². The molecule has 4 unspecified atom stereocenters. The third-order valence-electron chi connectivity index (χ3n) is 4.92. The minimum atomic E-state index is -1.89. The number of carboxylic acid groups (broad SMARTS) is 2. The second-order valence-electron chi connectivity index (χ2n) is 5.75. The largest absolute Gasteiger partial charge is 0.478 e. The summed E-state index contributed by atoms with van der Waals surface area (Å²) >= 11 is 38.4. The Bertz CT molecular complexity index is 713. The first kappa shape index (κ1) is 18.0. The molecule has 0 aromatic rings. The number of alkyl halides is 4. The molecule has 0 aromatic heterocycles. The zero-order valence-corrected chi connectivity index (χ0v) is 15.6. The highest BCUT2D eigenvalue weighted by atomic mass is 35.5. The maximum Gasteiger partial charge on any atom is 0.332 e. The van der Waals surface area contributed by atoms with Crippen molar-refractivity contribution < 1.29 is 19.8 Å². The Morgan fingerprint density at radius 1 is 0.957 bits per heavy atom. The molecule has 10 heteroatoms. The number of allylic oxidation sites excluding steroid dienone is 2. The summed E-state index contributed by atoms with van der Waals surface area (Å²) in [6.45, 7) is 0. The predicted octanol–water partition coefficient (Wildman–Crippen LogP) is 4.32. The predicted molar refractivity (Wildman–Crippen MR) is 88.8 cm³/mol. The van der Waals surface area contributed by atoms with Gasteiger partial charge in [-0.1, -0.05) is 46.4 Å². The smallest absolute Gasteiger partial charge is 0.332 e. The molecule has 1 saturated carbocycles. The molecular weight excluding hydrogens is 433 g/mol. The minimum Gasteiger partial charge on any atom is -0.478 e. The molecule has 3 rings (SSSR count). The van der Waals surface area contributed by atoms with Crippen molar-refractivity contribution >= 4 is 81.5 Å². The van der Waals surface area contributed by atoms with Crippen LogP contribution in [0.4, 0.5) is 0 Å². The monoisotopic (exact) mass is 438 g/mol. The van der Waals surface area contributed by atoms with Gasteiger partial charge in [-0.25, -0.2) is 9.59 Å². The number of rotatable bonds is 2. The van der Waals surface area contributed by atoms with E-state index in [-0.39, 0.29) is 34.1 Å². The van der Waals surface area contributed by atoms with Crippen LogP contribution in [-0.2, 0) is 9.59 Å². The molecule has 23 heavy (non-hydrogen) atoms. The first-order valence-corrected chi connectivity index (χ1v) is 8.72. The van der Waals surface area contributed by atoms with Crippen LogP contribution in [0.3, 0.4) is 0 Å². The van der Waals surface area contributed by atoms with Crippen molar-refractivity contribution in [1.29, 1.82) is 0 Å². The van der Waals surface area contributed by atoms with Crippen LogP contribution in [0.25, 0.3) is 0 Å². The van der Waals surface area contributed by atoms with Gasteiger partial charge in [0.1, 0.15) is 9.75 Å². The summed E-state index contributed by atoms with van der Waals surface area (Å²) in [5, 5.41) is 18.7. The number of aliphatic carboxylic acids is 2. The lowest BCUT2D eigenvalue weighted by Gasteiger charge is -2.40. The summed E-state index contributed by atoms with van der Waals surface area (Å²) in [4.78, 5) is 19.8. The van der Waals surface area contributed by atoms with Crippen LogP contribution in [0.1, 0.15) is 12.8 Å². The van der Waals surface area contributed by atoms with Gasteiger partial charge in [-0.2, -0.15) is 0 Å². The molecule has 0 aliphatic heterocycles. The van der Waals surface area contributed by atoms with Crippen molar-refractivity contribution in [2.24, 2.45) is 11.8 Å². The van der Waals surface area contributed by atoms with E-state index in [9.17, 15) is 19.8 Å². The molecule has 0 heterocycles. The summed E-state index contributed by atoms with van der Waals surface area (Å²) in [5.74, 6) is -4.48. The number of fused-ring (bicyclic) bond motifs is 5. The topological polar surface area (TPSA) is 74.6 Å². The Kier molecular flexibility index (Phi) is 3.97. The number of carboxylic acids is 2. The standard InChI is InChI=1S/C13H8Cl6O4/c14-7-8(15)12(17)6-4(11(7,16)13(12,18)19)2-1-3(9(20)21)5(6)10(22)23/h4,6H,1-2H2,(H,20,21)(H,22,23). The van der Waals surface area contributed by atoms with Crippen LogP contribution in [0.2, 0.25) is 0 Å². The molecule has 0 spiro atoms. The van der Waals surface area contributed by atoms with Gasteiger partial charge >= 0.3 is 11.9 Å². The van der Waals surface area contributed by atoms with Gasteiger partial charge in [0, 0.05) is 11.5 Å². The Morgan fingerprint density at radius 2 is 1.48 bits per heavy atom. The fraction of sp³-hybridized carbons (Fsp3) is 0.538. The molecule has 126 valence electrons. The summed E-state index contributed by atoms with van der Waals surface area (Å²) in [5.41, 5.74) is -0.629. The Morgan fingerprint density at radius 3 is 1.96 bits per heavy atom. The van der Waals surface area contributed by atoms with Crippen molar-refractivity contribution in [1.82, 2.24) is 0 Å². The van der Waals surface area contributed by atoms with Gasteiger partial charge in [-0.15, -0.1) is 23.2 Å². The van der Waals surface area contributed by atoms with Crippen molar-refractivity contribution in [3.05, 3.63) is 21.2 Å². The lowest BCUT2D eigenvalue weighted by atomic mass is 9.69. The Balaban J connectivity index is 2.35. The van der Waals surface area contributed by atoms with Gasteiger partial charge in [-0.05, 0) is 18.8 Å². The van der Waals surface area contributed by atoms with Crippen molar-refractivity contribution in [3.8, 4) is 0 Å². The lowest BCUT2D eigenvalue weighted by Crippen LogP contribution is -2.45. The second-order valence-corrected chi connectivity index (χ2v) is 9.03. The van der Waals surface area contributed by atoms with E-state index >= 15 is 0 Å². The third-order valence-corrected chi connectivity index (χ3v) is 9.22. The van der Waals surface area contributed by atoms with Crippen molar-refractivity contribution in [3.63, 3.8) is 0 Å². The highest BCUT2D eigenvalue weighted by molar-refractivity contribution is 6.65. The zero-order valence-electron chi connectivity index (χ0n) is 11.0. The quantitative estimate of drug-likeness (QED) is 0.627. The van der Waals surface area contributed by atoms with E-state index in [1.54, 1.807) is 0 Å². The number of carbonyl (C=O) groups is 2. The molecule has 4 nitrogen and oxygen atoms in total. The molecule has 0 amide bonds. The van der Waals surface area contributed by atoms with E-state index < -0.39 is 37.9 Å². The average molecular weight is 441 g/mol. The van der Waals surface area contributed by atoms with Gasteiger partial charge in [-0.3, -0.25) is 0 Å². The third kappa shape index (κ3) is 1.78. The highest BCUT2D eigenvalue weighted by Crippen LogP contribution is 2.78. The molecule has 0 saturated heterocycles. The van der Waals surface area contributed by atoms with E-state index in [1.165, 1.54) is 0 Å². The van der Waals surface area contributed by atoms with Crippen LogP contribution < -0.4 is 0 Å². The molecule has 3 aliphatic carbocycles. The number of hydrogen-bond donors (Lipinski definition) is 2. The summed E-state index contributed by atoms with van der Waals surface area (Å²) in [6, 6.07) is 0. The van der Waals surface area contributed by atoms with Gasteiger partial charge in [0.15, 0.2) is 4.33 Å². The van der Waals surface area contributed by atoms with Crippen LogP contribution in [0.5, 0.6) is 0 Å². The summed E-state index contributed by atoms with van der Waals surface area (Å²) in [7, 11) is 0. The van der Waals surface area contributed by atoms with Gasteiger partial charge < -0.3 is 10.2 Å². The lowest BCUT2D eigenvalue weighted by molar-refractivity contribution is -0.137. The first-order chi connectivity index (χ1) is 10.4. The van der Waals surface area contributed by atoms with E-state index in [4.69, 9.17) is 69.6 Å². The maximum atomic E-state index is 11.7. The Hall–Kier alpha value is 0.160. The van der Waals surface area contributed by atoms with E-state index in [0.29, 0.717) is 0 Å². The van der Waals surface area contributed by atoms with Crippen molar-refractivity contribution in [2.45, 2.75) is 26.9 Å². The second kappa shape index (κ2) is 5.09. The normalized spacial score (nSPS) is 41.3.